The van der Waals surface area contributed by atoms with Crippen molar-refractivity contribution in [2.24, 2.45) is 0 Å². The van der Waals surface area contributed by atoms with Gasteiger partial charge >= 0.3 is 0 Å². The molecule has 0 aromatic heterocycles. The second kappa shape index (κ2) is 8.48. The van der Waals surface area contributed by atoms with Gasteiger partial charge in [-0.15, -0.1) is 0 Å². The molecule has 1 unspecified atom stereocenters. The molecule has 0 fully saturated rings. The minimum Gasteiger partial charge on any atom is -0.493 e. The third kappa shape index (κ3) is 4.91. The van der Waals surface area contributed by atoms with Crippen molar-refractivity contribution in [3.63, 3.8) is 0 Å². The molecule has 2 rings (SSSR count). The molecule has 112 valence electrons. The smallest absolute Gasteiger partial charge is 0.119 e. The van der Waals surface area contributed by atoms with Crippen molar-refractivity contribution in [3.05, 3.63) is 65.7 Å². The van der Waals surface area contributed by atoms with Gasteiger partial charge in [0.2, 0.25) is 0 Å². The lowest BCUT2D eigenvalue weighted by Crippen LogP contribution is -2.19. The molecule has 0 heterocycles. The van der Waals surface area contributed by atoms with Crippen LogP contribution in [0.1, 0.15) is 37.4 Å². The van der Waals surface area contributed by atoms with Crippen LogP contribution in [0, 0.1) is 0 Å². The molecule has 2 aromatic carbocycles. The Morgan fingerprint density at radius 1 is 0.952 bits per heavy atom. The number of hydrogen-bond donors (Lipinski definition) is 1. The van der Waals surface area contributed by atoms with Crippen LogP contribution in [0.5, 0.6) is 5.75 Å². The highest BCUT2D eigenvalue weighted by Crippen LogP contribution is 2.20. The highest BCUT2D eigenvalue weighted by Gasteiger charge is 2.07. The van der Waals surface area contributed by atoms with Crippen molar-refractivity contribution >= 4 is 0 Å². The van der Waals surface area contributed by atoms with Gasteiger partial charge in [-0.05, 0) is 36.2 Å². The second-order valence-electron chi connectivity index (χ2n) is 5.17. The summed E-state index contributed by atoms with van der Waals surface area (Å²) < 4.78 is 5.82. The molecule has 0 aliphatic rings. The minimum atomic E-state index is 0.438. The van der Waals surface area contributed by atoms with Gasteiger partial charge in [-0.25, -0.2) is 0 Å². The Bertz CT molecular complexity index is 507. The van der Waals surface area contributed by atoms with Crippen molar-refractivity contribution < 1.29 is 4.74 Å². The predicted octanol–water partition coefficient (Wildman–Crippen LogP) is 4.37. The maximum Gasteiger partial charge on any atom is 0.119 e. The zero-order valence-corrected chi connectivity index (χ0v) is 13.0. The fourth-order valence-corrected chi connectivity index (χ4v) is 2.47. The maximum atomic E-state index is 5.82. The first kappa shape index (κ1) is 15.6. The van der Waals surface area contributed by atoms with Crippen LogP contribution in [0.2, 0.25) is 0 Å². The van der Waals surface area contributed by atoms with Crippen molar-refractivity contribution in [2.45, 2.75) is 32.7 Å². The van der Waals surface area contributed by atoms with Crippen LogP contribution in [-0.4, -0.2) is 13.2 Å². The van der Waals surface area contributed by atoms with E-state index in [1.807, 2.05) is 6.07 Å². The van der Waals surface area contributed by atoms with Gasteiger partial charge < -0.3 is 10.1 Å². The highest BCUT2D eigenvalue weighted by atomic mass is 16.5. The molecule has 0 amide bonds. The third-order valence-corrected chi connectivity index (χ3v) is 3.64. The fourth-order valence-electron chi connectivity index (χ4n) is 2.47. The minimum absolute atomic E-state index is 0.438. The van der Waals surface area contributed by atoms with Crippen LogP contribution < -0.4 is 10.1 Å². The van der Waals surface area contributed by atoms with E-state index >= 15 is 0 Å². The summed E-state index contributed by atoms with van der Waals surface area (Å²) in [7, 11) is 0. The number of hydrogen-bond acceptors (Lipinski definition) is 2. The van der Waals surface area contributed by atoms with Gasteiger partial charge in [0, 0.05) is 12.5 Å². The molecule has 21 heavy (non-hydrogen) atoms. The number of rotatable bonds is 8. The van der Waals surface area contributed by atoms with Crippen LogP contribution in [0.15, 0.2) is 54.6 Å². The molecule has 1 atom stereocenters. The van der Waals surface area contributed by atoms with E-state index in [-0.39, 0.29) is 0 Å². The quantitative estimate of drug-likeness (QED) is 0.777. The van der Waals surface area contributed by atoms with Crippen LogP contribution in [-0.2, 0) is 6.42 Å². The number of ether oxygens (including phenoxy) is 1. The topological polar surface area (TPSA) is 21.3 Å². The van der Waals surface area contributed by atoms with Crippen molar-refractivity contribution in [1.29, 1.82) is 0 Å². The molecular formula is C19H25NO. The van der Waals surface area contributed by atoms with E-state index in [4.69, 9.17) is 4.74 Å². The Balaban J connectivity index is 1.84. The molecule has 0 aliphatic heterocycles. The molecule has 0 bridgehead atoms. The van der Waals surface area contributed by atoms with Gasteiger partial charge in [0.1, 0.15) is 5.75 Å². The van der Waals surface area contributed by atoms with Crippen molar-refractivity contribution in [2.75, 3.05) is 13.2 Å². The number of benzene rings is 2. The van der Waals surface area contributed by atoms with Gasteiger partial charge in [-0.1, -0.05) is 56.3 Å². The third-order valence-electron chi connectivity index (χ3n) is 3.64. The first-order chi connectivity index (χ1) is 10.3. The maximum absolute atomic E-state index is 5.82. The lowest BCUT2D eigenvalue weighted by molar-refractivity contribution is 0.321. The van der Waals surface area contributed by atoms with Crippen LogP contribution in [0.25, 0.3) is 0 Å². The lowest BCUT2D eigenvalue weighted by Gasteiger charge is -2.16. The Morgan fingerprint density at radius 3 is 2.29 bits per heavy atom. The Morgan fingerprint density at radius 2 is 1.67 bits per heavy atom. The SMILES string of the molecule is CCNC(CC)c1ccc(OCCc2ccccc2)cc1. The van der Waals surface area contributed by atoms with E-state index < -0.39 is 0 Å². The van der Waals surface area contributed by atoms with E-state index in [2.05, 4.69) is 67.7 Å². The molecule has 0 saturated carbocycles. The van der Waals surface area contributed by atoms with Crippen LogP contribution in [0.3, 0.4) is 0 Å². The van der Waals surface area contributed by atoms with E-state index in [1.165, 1.54) is 11.1 Å². The summed E-state index contributed by atoms with van der Waals surface area (Å²) in [6, 6.07) is 19.3. The standard InChI is InChI=1S/C19H25NO/c1-3-19(20-4-2)17-10-12-18(13-11-17)21-15-14-16-8-6-5-7-9-16/h5-13,19-20H,3-4,14-15H2,1-2H3. The fraction of sp³-hybridized carbons (Fsp3) is 0.368. The zero-order valence-electron chi connectivity index (χ0n) is 13.0. The number of nitrogens with one attached hydrogen (secondary N) is 1. The van der Waals surface area contributed by atoms with Crippen molar-refractivity contribution in [1.82, 2.24) is 5.32 Å². The van der Waals surface area contributed by atoms with Gasteiger partial charge in [0.25, 0.3) is 0 Å². The monoisotopic (exact) mass is 283 g/mol. The molecule has 0 radical (unpaired) electrons. The summed E-state index contributed by atoms with van der Waals surface area (Å²) >= 11 is 0. The molecule has 2 nitrogen and oxygen atoms in total. The average Bonchev–Trinajstić information content (AvgIpc) is 2.54. The van der Waals surface area contributed by atoms with Crippen LogP contribution >= 0.6 is 0 Å². The van der Waals surface area contributed by atoms with Crippen molar-refractivity contribution in [3.8, 4) is 5.75 Å². The molecule has 0 saturated heterocycles. The summed E-state index contributed by atoms with van der Waals surface area (Å²) in [4.78, 5) is 0. The summed E-state index contributed by atoms with van der Waals surface area (Å²) in [5.74, 6) is 0.945. The predicted molar refractivity (Wildman–Crippen MR) is 88.8 cm³/mol. The first-order valence-electron chi connectivity index (χ1n) is 7.83. The molecule has 2 aromatic rings. The van der Waals surface area contributed by atoms with Crippen LogP contribution in [0.4, 0.5) is 0 Å². The Labute approximate surface area is 128 Å². The first-order valence-corrected chi connectivity index (χ1v) is 7.83. The normalized spacial score (nSPS) is 12.1. The van der Waals surface area contributed by atoms with Gasteiger partial charge in [-0.3, -0.25) is 0 Å². The molecule has 0 spiro atoms. The van der Waals surface area contributed by atoms with Gasteiger partial charge in [0.05, 0.1) is 6.61 Å². The molecule has 1 N–H and O–H groups in total. The highest BCUT2D eigenvalue weighted by molar-refractivity contribution is 5.29. The second-order valence-corrected chi connectivity index (χ2v) is 5.17. The summed E-state index contributed by atoms with van der Waals surface area (Å²) in [6.45, 7) is 6.06. The van der Waals surface area contributed by atoms with E-state index in [1.54, 1.807) is 0 Å². The Kier molecular flexibility index (Phi) is 6.29. The Hall–Kier alpha value is -1.80. The molecule has 2 heteroatoms. The summed E-state index contributed by atoms with van der Waals surface area (Å²) in [5.41, 5.74) is 2.64. The molecule has 0 aliphatic carbocycles. The largest absolute Gasteiger partial charge is 0.493 e. The van der Waals surface area contributed by atoms with E-state index in [0.717, 1.165) is 25.1 Å². The summed E-state index contributed by atoms with van der Waals surface area (Å²) in [6.07, 6.45) is 2.04. The van der Waals surface area contributed by atoms with E-state index in [9.17, 15) is 0 Å². The molecular weight excluding hydrogens is 258 g/mol. The van der Waals surface area contributed by atoms with Gasteiger partial charge in [-0.2, -0.15) is 0 Å². The van der Waals surface area contributed by atoms with E-state index in [0.29, 0.717) is 12.6 Å². The average molecular weight is 283 g/mol. The van der Waals surface area contributed by atoms with Gasteiger partial charge in [0.15, 0.2) is 0 Å². The lowest BCUT2D eigenvalue weighted by atomic mass is 10.0. The zero-order chi connectivity index (χ0) is 14.9. The summed E-state index contributed by atoms with van der Waals surface area (Å²) in [5, 5.41) is 3.49.